The number of nitrogens with two attached hydrogens (primary N) is 1. The lowest BCUT2D eigenvalue weighted by Crippen LogP contribution is -2.22. The molecule has 0 amide bonds. The maximum absolute atomic E-state index is 12.2. The monoisotopic (exact) mass is 341 g/mol. The van der Waals surface area contributed by atoms with Gasteiger partial charge in [-0.05, 0) is 18.2 Å². The molecule has 0 aliphatic rings. The molecule has 11 heteroatoms. The largest absolute Gasteiger partial charge is 0.573 e. The van der Waals surface area contributed by atoms with Gasteiger partial charge in [0.05, 0.1) is 4.92 Å². The number of benzene rings is 1. The van der Waals surface area contributed by atoms with E-state index in [1.54, 1.807) is 0 Å². The van der Waals surface area contributed by atoms with E-state index in [0.717, 1.165) is 12.1 Å². The van der Waals surface area contributed by atoms with E-state index in [0.29, 0.717) is 0 Å². The standard InChI is InChI=1S/C13H10F3N5O3/c14-13(15,16)24-9-4-1-3-8(7-9)19-12(17)20-11-10(21(22)23)5-2-6-18-11/h1-7H,(H3,17,18,19,20). The Balaban J connectivity index is 2.19. The Morgan fingerprint density at radius 2 is 2.08 bits per heavy atom. The second-order valence-electron chi connectivity index (χ2n) is 4.30. The first kappa shape index (κ1) is 17.0. The first-order valence-electron chi connectivity index (χ1n) is 6.31. The number of nitrogens with one attached hydrogen (secondary N) is 1. The van der Waals surface area contributed by atoms with Crippen LogP contribution in [0.5, 0.6) is 5.75 Å². The van der Waals surface area contributed by atoms with Gasteiger partial charge in [0.1, 0.15) is 5.75 Å². The Morgan fingerprint density at radius 3 is 2.75 bits per heavy atom. The third-order valence-corrected chi connectivity index (χ3v) is 2.53. The van der Waals surface area contributed by atoms with E-state index < -0.39 is 17.0 Å². The lowest BCUT2D eigenvalue weighted by atomic mass is 10.3. The number of pyridine rings is 1. The summed E-state index contributed by atoms with van der Waals surface area (Å²) in [6.45, 7) is 0. The lowest BCUT2D eigenvalue weighted by molar-refractivity contribution is -0.384. The molecular formula is C13H10F3N5O3. The summed E-state index contributed by atoms with van der Waals surface area (Å²) in [4.78, 5) is 17.6. The molecule has 1 aromatic carbocycles. The van der Waals surface area contributed by atoms with Gasteiger partial charge in [0.25, 0.3) is 0 Å². The first-order chi connectivity index (χ1) is 11.2. The third kappa shape index (κ3) is 4.83. The average Bonchev–Trinajstić information content (AvgIpc) is 2.46. The van der Waals surface area contributed by atoms with Crippen LogP contribution in [0, 0.1) is 10.1 Å². The minimum absolute atomic E-state index is 0.150. The van der Waals surface area contributed by atoms with Crippen LogP contribution >= 0.6 is 0 Å². The van der Waals surface area contributed by atoms with Crippen molar-refractivity contribution in [2.75, 3.05) is 5.32 Å². The molecule has 0 aliphatic heterocycles. The molecule has 0 atom stereocenters. The van der Waals surface area contributed by atoms with Gasteiger partial charge in [0, 0.05) is 24.0 Å². The Labute approximate surface area is 132 Å². The van der Waals surface area contributed by atoms with Gasteiger partial charge in [-0.1, -0.05) is 6.07 Å². The van der Waals surface area contributed by atoms with Gasteiger partial charge in [0.2, 0.25) is 5.82 Å². The fraction of sp³-hybridized carbons (Fsp3) is 0.0769. The molecule has 126 valence electrons. The van der Waals surface area contributed by atoms with Crippen LogP contribution in [0.1, 0.15) is 0 Å². The molecule has 0 unspecified atom stereocenters. The maximum Gasteiger partial charge on any atom is 0.573 e. The van der Waals surface area contributed by atoms with Crippen LogP contribution in [0.15, 0.2) is 47.6 Å². The molecule has 2 aromatic rings. The zero-order valence-electron chi connectivity index (χ0n) is 11.8. The molecule has 3 N–H and O–H groups in total. The van der Waals surface area contributed by atoms with Crippen molar-refractivity contribution in [3.8, 4) is 5.75 Å². The molecule has 0 saturated carbocycles. The summed E-state index contributed by atoms with van der Waals surface area (Å²) >= 11 is 0. The fourth-order valence-corrected chi connectivity index (χ4v) is 1.68. The van der Waals surface area contributed by atoms with Crippen LogP contribution in [0.25, 0.3) is 0 Å². The van der Waals surface area contributed by atoms with Gasteiger partial charge in [-0.3, -0.25) is 10.1 Å². The number of guanidine groups is 1. The van der Waals surface area contributed by atoms with Crippen molar-refractivity contribution in [3.63, 3.8) is 0 Å². The van der Waals surface area contributed by atoms with Gasteiger partial charge in [-0.25, -0.2) is 4.98 Å². The van der Waals surface area contributed by atoms with Crippen molar-refractivity contribution in [2.24, 2.45) is 10.7 Å². The van der Waals surface area contributed by atoms with Gasteiger partial charge in [-0.2, -0.15) is 4.99 Å². The van der Waals surface area contributed by atoms with Gasteiger partial charge >= 0.3 is 12.0 Å². The zero-order valence-corrected chi connectivity index (χ0v) is 11.8. The maximum atomic E-state index is 12.2. The molecule has 0 aliphatic carbocycles. The van der Waals surface area contributed by atoms with E-state index in [9.17, 15) is 23.3 Å². The quantitative estimate of drug-likeness (QED) is 0.382. The normalized spacial score (nSPS) is 11.9. The highest BCUT2D eigenvalue weighted by atomic mass is 19.4. The molecule has 2 rings (SSSR count). The second kappa shape index (κ2) is 6.81. The number of hydrogen-bond donors (Lipinski definition) is 2. The van der Waals surface area contributed by atoms with Crippen LogP contribution in [0.3, 0.4) is 0 Å². The Morgan fingerprint density at radius 1 is 1.33 bits per heavy atom. The zero-order chi connectivity index (χ0) is 17.7. The Hall–Kier alpha value is -3.37. The van der Waals surface area contributed by atoms with Crippen LogP contribution < -0.4 is 15.8 Å². The number of ether oxygens (including phenoxy) is 1. The molecular weight excluding hydrogens is 331 g/mol. The van der Waals surface area contributed by atoms with E-state index in [4.69, 9.17) is 5.73 Å². The fourth-order valence-electron chi connectivity index (χ4n) is 1.68. The van der Waals surface area contributed by atoms with Crippen molar-refractivity contribution in [1.29, 1.82) is 0 Å². The lowest BCUT2D eigenvalue weighted by Gasteiger charge is -2.10. The SMILES string of the molecule is N/C(=N\c1ncccc1[N+](=O)[O-])Nc1cccc(OC(F)(F)F)c1. The highest BCUT2D eigenvalue weighted by Gasteiger charge is 2.31. The molecule has 8 nitrogen and oxygen atoms in total. The highest BCUT2D eigenvalue weighted by molar-refractivity contribution is 5.94. The number of rotatable bonds is 4. The number of aliphatic imine (C=N–C) groups is 1. The minimum atomic E-state index is -4.83. The smallest absolute Gasteiger partial charge is 0.406 e. The van der Waals surface area contributed by atoms with Crippen LogP contribution in [0.2, 0.25) is 0 Å². The second-order valence-corrected chi connectivity index (χ2v) is 4.30. The van der Waals surface area contributed by atoms with Crippen LogP contribution in [-0.2, 0) is 0 Å². The predicted octanol–water partition coefficient (Wildman–Crippen LogP) is 2.95. The number of halogens is 3. The first-order valence-corrected chi connectivity index (χ1v) is 6.31. The molecule has 0 bridgehead atoms. The van der Waals surface area contributed by atoms with Crippen molar-refractivity contribution in [1.82, 2.24) is 4.98 Å². The molecule has 0 saturated heterocycles. The number of nitro groups is 1. The number of nitrogens with zero attached hydrogens (tertiary/aromatic N) is 3. The van der Waals surface area contributed by atoms with Crippen LogP contribution in [0.4, 0.5) is 30.4 Å². The van der Waals surface area contributed by atoms with E-state index in [1.165, 1.54) is 30.5 Å². The topological polar surface area (TPSA) is 116 Å². The predicted molar refractivity (Wildman–Crippen MR) is 78.9 cm³/mol. The molecule has 0 fully saturated rings. The molecule has 0 radical (unpaired) electrons. The van der Waals surface area contributed by atoms with Crippen molar-refractivity contribution >= 4 is 23.2 Å². The van der Waals surface area contributed by atoms with E-state index in [2.05, 4.69) is 20.0 Å². The summed E-state index contributed by atoms with van der Waals surface area (Å²) in [6.07, 6.45) is -3.54. The average molecular weight is 341 g/mol. The molecule has 24 heavy (non-hydrogen) atoms. The van der Waals surface area contributed by atoms with Gasteiger partial charge < -0.3 is 15.8 Å². The summed E-state index contributed by atoms with van der Waals surface area (Å²) in [5, 5.41) is 13.4. The number of aromatic nitrogens is 1. The summed E-state index contributed by atoms with van der Waals surface area (Å²) in [5.41, 5.74) is 5.38. The summed E-state index contributed by atoms with van der Waals surface area (Å²) < 4.78 is 40.3. The number of alkyl halides is 3. The molecule has 1 heterocycles. The van der Waals surface area contributed by atoms with E-state index in [1.807, 2.05) is 0 Å². The number of hydrogen-bond acceptors (Lipinski definition) is 5. The molecule has 0 spiro atoms. The summed E-state index contributed by atoms with van der Waals surface area (Å²) in [7, 11) is 0. The minimum Gasteiger partial charge on any atom is -0.406 e. The molecule has 1 aromatic heterocycles. The Kier molecular flexibility index (Phi) is 4.82. The highest BCUT2D eigenvalue weighted by Crippen LogP contribution is 2.26. The van der Waals surface area contributed by atoms with Crippen molar-refractivity contribution < 1.29 is 22.8 Å². The Bertz CT molecular complexity index is 779. The van der Waals surface area contributed by atoms with Crippen molar-refractivity contribution in [3.05, 3.63) is 52.7 Å². The van der Waals surface area contributed by atoms with E-state index in [-0.39, 0.29) is 23.2 Å². The number of anilines is 1. The van der Waals surface area contributed by atoms with E-state index >= 15 is 0 Å². The van der Waals surface area contributed by atoms with Crippen LogP contribution in [-0.4, -0.2) is 22.2 Å². The van der Waals surface area contributed by atoms with Gasteiger partial charge in [0.15, 0.2) is 5.96 Å². The third-order valence-electron chi connectivity index (χ3n) is 2.53. The van der Waals surface area contributed by atoms with Crippen molar-refractivity contribution in [2.45, 2.75) is 6.36 Å². The van der Waals surface area contributed by atoms with Gasteiger partial charge in [-0.15, -0.1) is 13.2 Å². The summed E-state index contributed by atoms with van der Waals surface area (Å²) in [5.74, 6) is -0.986. The summed E-state index contributed by atoms with van der Waals surface area (Å²) in [6, 6.07) is 7.42.